The summed E-state index contributed by atoms with van der Waals surface area (Å²) in [6.07, 6.45) is 5.00. The Kier molecular flexibility index (Phi) is 3.96. The van der Waals surface area contributed by atoms with Gasteiger partial charge in [-0.05, 0) is 41.5 Å². The Morgan fingerprint density at radius 1 is 1.00 bits per heavy atom. The van der Waals surface area contributed by atoms with E-state index in [2.05, 4.69) is 9.97 Å². The summed E-state index contributed by atoms with van der Waals surface area (Å²) in [5.41, 5.74) is 7.94. The number of hydrogen-bond acceptors (Lipinski definition) is 4. The van der Waals surface area contributed by atoms with Gasteiger partial charge in [-0.1, -0.05) is 12.1 Å². The molecule has 0 aliphatic heterocycles. The predicted molar refractivity (Wildman–Crippen MR) is 82.6 cm³/mol. The molecule has 0 spiro atoms. The fourth-order valence-corrected chi connectivity index (χ4v) is 2.00. The van der Waals surface area contributed by atoms with Crippen LogP contribution in [0, 0.1) is 5.82 Å². The number of nitrogens with two attached hydrogens (primary N) is 1. The zero-order chi connectivity index (χ0) is 15.4. The fourth-order valence-electron chi connectivity index (χ4n) is 2.00. The number of ether oxygens (including phenoxy) is 1. The first-order chi connectivity index (χ1) is 10.7. The number of aromatic nitrogens is 2. The van der Waals surface area contributed by atoms with E-state index in [1.807, 2.05) is 36.4 Å². The number of nitrogen functional groups attached to an aromatic ring is 1. The van der Waals surface area contributed by atoms with Gasteiger partial charge in [0.1, 0.15) is 12.4 Å². The molecule has 0 atom stereocenters. The number of pyridine rings is 2. The van der Waals surface area contributed by atoms with Crippen LogP contribution in [0.3, 0.4) is 0 Å². The molecule has 3 rings (SSSR count). The second-order valence-corrected chi connectivity index (χ2v) is 4.76. The number of nitrogens with zero attached hydrogens (tertiary/aromatic N) is 2. The molecule has 5 heteroatoms. The van der Waals surface area contributed by atoms with Crippen LogP contribution in [0.4, 0.5) is 10.2 Å². The first kappa shape index (κ1) is 14.0. The third-order valence-corrected chi connectivity index (χ3v) is 3.21. The minimum absolute atomic E-state index is 0.0962. The standard InChI is InChI=1S/C17H14FN3O/c18-16-9-14(10-21-17(16)19)13-1-3-15(4-2-13)22-11-12-5-7-20-8-6-12/h1-10H,11H2,(H2,19,21). The number of benzene rings is 1. The largest absolute Gasteiger partial charge is 0.489 e. The molecule has 2 N–H and O–H groups in total. The van der Waals surface area contributed by atoms with Crippen LogP contribution in [0.15, 0.2) is 61.1 Å². The first-order valence-electron chi connectivity index (χ1n) is 6.75. The van der Waals surface area contributed by atoms with Crippen LogP contribution < -0.4 is 10.5 Å². The molecule has 0 saturated carbocycles. The summed E-state index contributed by atoms with van der Waals surface area (Å²) >= 11 is 0. The lowest BCUT2D eigenvalue weighted by atomic mass is 10.1. The topological polar surface area (TPSA) is 61.0 Å². The minimum atomic E-state index is -0.518. The van der Waals surface area contributed by atoms with Crippen molar-refractivity contribution in [1.82, 2.24) is 9.97 Å². The summed E-state index contributed by atoms with van der Waals surface area (Å²) in [5.74, 6) is 0.126. The zero-order valence-electron chi connectivity index (χ0n) is 11.7. The Morgan fingerprint density at radius 3 is 2.41 bits per heavy atom. The van der Waals surface area contributed by atoms with E-state index in [-0.39, 0.29) is 5.82 Å². The monoisotopic (exact) mass is 295 g/mol. The van der Waals surface area contributed by atoms with Crippen molar-refractivity contribution >= 4 is 5.82 Å². The summed E-state index contributed by atoms with van der Waals surface area (Å²) in [6, 6.07) is 12.6. The first-order valence-corrected chi connectivity index (χ1v) is 6.75. The molecule has 0 bridgehead atoms. The summed E-state index contributed by atoms with van der Waals surface area (Å²) in [6.45, 7) is 0.472. The highest BCUT2D eigenvalue weighted by Crippen LogP contribution is 2.24. The van der Waals surface area contributed by atoms with Gasteiger partial charge in [-0.2, -0.15) is 0 Å². The van der Waals surface area contributed by atoms with Gasteiger partial charge in [-0.15, -0.1) is 0 Å². The lowest BCUT2D eigenvalue weighted by Crippen LogP contribution is -1.96. The third-order valence-electron chi connectivity index (χ3n) is 3.21. The molecule has 0 aliphatic carbocycles. The van der Waals surface area contributed by atoms with Crippen molar-refractivity contribution in [2.75, 3.05) is 5.73 Å². The van der Waals surface area contributed by atoms with Crippen molar-refractivity contribution in [1.29, 1.82) is 0 Å². The lowest BCUT2D eigenvalue weighted by Gasteiger charge is -2.07. The van der Waals surface area contributed by atoms with Crippen LogP contribution >= 0.6 is 0 Å². The van der Waals surface area contributed by atoms with Crippen LogP contribution in [-0.4, -0.2) is 9.97 Å². The molecule has 1 aromatic carbocycles. The molecule has 0 unspecified atom stereocenters. The Bertz CT molecular complexity index is 761. The summed E-state index contributed by atoms with van der Waals surface area (Å²) in [5, 5.41) is 0. The van der Waals surface area contributed by atoms with Crippen LogP contribution in [-0.2, 0) is 6.61 Å². The molecular formula is C17H14FN3O. The molecular weight excluding hydrogens is 281 g/mol. The average Bonchev–Trinajstić information content (AvgIpc) is 2.57. The van der Waals surface area contributed by atoms with E-state index in [0.29, 0.717) is 12.2 Å². The Hall–Kier alpha value is -2.95. The number of anilines is 1. The maximum absolute atomic E-state index is 13.4. The molecule has 0 amide bonds. The van der Waals surface area contributed by atoms with Gasteiger partial charge in [0.05, 0.1) is 0 Å². The highest BCUT2D eigenvalue weighted by atomic mass is 19.1. The number of rotatable bonds is 4. The SMILES string of the molecule is Nc1ncc(-c2ccc(OCc3ccncc3)cc2)cc1F. The van der Waals surface area contributed by atoms with Gasteiger partial charge in [0, 0.05) is 24.2 Å². The number of halogens is 1. The van der Waals surface area contributed by atoms with E-state index < -0.39 is 5.82 Å². The van der Waals surface area contributed by atoms with Gasteiger partial charge in [0.25, 0.3) is 0 Å². The summed E-state index contributed by atoms with van der Waals surface area (Å²) in [7, 11) is 0. The molecule has 4 nitrogen and oxygen atoms in total. The smallest absolute Gasteiger partial charge is 0.165 e. The highest BCUT2D eigenvalue weighted by Gasteiger charge is 2.04. The Morgan fingerprint density at radius 2 is 1.73 bits per heavy atom. The predicted octanol–water partition coefficient (Wildman–Crippen LogP) is 3.44. The molecule has 0 fully saturated rings. The molecule has 0 aliphatic rings. The fraction of sp³-hybridized carbons (Fsp3) is 0.0588. The molecule has 110 valence electrons. The quantitative estimate of drug-likeness (QED) is 0.801. The number of hydrogen-bond donors (Lipinski definition) is 1. The summed E-state index contributed by atoms with van der Waals surface area (Å²) in [4.78, 5) is 7.78. The van der Waals surface area contributed by atoms with Crippen LogP contribution in [0.1, 0.15) is 5.56 Å². The van der Waals surface area contributed by atoms with Crippen molar-refractivity contribution in [3.8, 4) is 16.9 Å². The Labute approximate surface area is 127 Å². The van der Waals surface area contributed by atoms with Crippen molar-refractivity contribution in [3.05, 3.63) is 72.4 Å². The molecule has 2 heterocycles. The zero-order valence-corrected chi connectivity index (χ0v) is 11.7. The van der Waals surface area contributed by atoms with Crippen LogP contribution in [0.5, 0.6) is 5.75 Å². The van der Waals surface area contributed by atoms with Crippen molar-refractivity contribution < 1.29 is 9.13 Å². The molecule has 0 radical (unpaired) electrons. The Balaban J connectivity index is 1.71. The van der Waals surface area contributed by atoms with Gasteiger partial charge in [0.15, 0.2) is 11.6 Å². The maximum atomic E-state index is 13.4. The van der Waals surface area contributed by atoms with E-state index >= 15 is 0 Å². The van der Waals surface area contributed by atoms with Gasteiger partial charge < -0.3 is 10.5 Å². The van der Waals surface area contributed by atoms with Crippen LogP contribution in [0.2, 0.25) is 0 Å². The second-order valence-electron chi connectivity index (χ2n) is 4.76. The van der Waals surface area contributed by atoms with E-state index in [1.165, 1.54) is 6.07 Å². The van der Waals surface area contributed by atoms with Crippen LogP contribution in [0.25, 0.3) is 11.1 Å². The molecule has 22 heavy (non-hydrogen) atoms. The molecule has 2 aromatic heterocycles. The van der Waals surface area contributed by atoms with Gasteiger partial charge in [0.2, 0.25) is 0 Å². The normalized spacial score (nSPS) is 10.4. The average molecular weight is 295 g/mol. The second kappa shape index (κ2) is 6.22. The van der Waals surface area contributed by atoms with Crippen molar-refractivity contribution in [2.45, 2.75) is 6.61 Å². The maximum Gasteiger partial charge on any atom is 0.165 e. The van der Waals surface area contributed by atoms with Crippen molar-refractivity contribution in [3.63, 3.8) is 0 Å². The van der Waals surface area contributed by atoms with E-state index in [1.54, 1.807) is 18.6 Å². The van der Waals surface area contributed by atoms with Gasteiger partial charge >= 0.3 is 0 Å². The summed E-state index contributed by atoms with van der Waals surface area (Å²) < 4.78 is 19.1. The molecule has 0 saturated heterocycles. The lowest BCUT2D eigenvalue weighted by molar-refractivity contribution is 0.306. The highest BCUT2D eigenvalue weighted by molar-refractivity contribution is 5.64. The van der Waals surface area contributed by atoms with E-state index in [0.717, 1.165) is 16.9 Å². The van der Waals surface area contributed by atoms with Crippen molar-refractivity contribution in [2.24, 2.45) is 0 Å². The minimum Gasteiger partial charge on any atom is -0.489 e. The van der Waals surface area contributed by atoms with Gasteiger partial charge in [-0.25, -0.2) is 9.37 Å². The third kappa shape index (κ3) is 3.20. The molecule has 3 aromatic rings. The van der Waals surface area contributed by atoms with E-state index in [4.69, 9.17) is 10.5 Å². The van der Waals surface area contributed by atoms with Gasteiger partial charge in [-0.3, -0.25) is 4.98 Å². The van der Waals surface area contributed by atoms with E-state index in [9.17, 15) is 4.39 Å².